The van der Waals surface area contributed by atoms with E-state index in [0.29, 0.717) is 11.4 Å². The predicted octanol–water partition coefficient (Wildman–Crippen LogP) is 3.19. The first-order valence-corrected chi connectivity index (χ1v) is 9.55. The van der Waals surface area contributed by atoms with E-state index in [2.05, 4.69) is 4.72 Å². The maximum Gasteiger partial charge on any atom is 0.261 e. The van der Waals surface area contributed by atoms with Crippen LogP contribution in [0.3, 0.4) is 0 Å². The van der Waals surface area contributed by atoms with Gasteiger partial charge < -0.3 is 4.90 Å². The van der Waals surface area contributed by atoms with Gasteiger partial charge in [0.25, 0.3) is 10.0 Å². The monoisotopic (exact) mass is 350 g/mol. The fourth-order valence-electron chi connectivity index (χ4n) is 1.93. The van der Waals surface area contributed by atoms with Crippen molar-refractivity contribution in [3.05, 3.63) is 48.5 Å². The van der Waals surface area contributed by atoms with E-state index < -0.39 is 10.0 Å². The highest BCUT2D eigenvalue weighted by Gasteiger charge is 2.15. The van der Waals surface area contributed by atoms with Gasteiger partial charge in [-0.3, -0.25) is 9.52 Å². The predicted molar refractivity (Wildman–Crippen MR) is 94.6 cm³/mol. The molecular weight excluding hydrogens is 332 g/mol. The van der Waals surface area contributed by atoms with E-state index in [0.717, 1.165) is 4.90 Å². The molecule has 0 spiro atoms. The summed E-state index contributed by atoms with van der Waals surface area (Å²) in [5.74, 6) is -0.118. The van der Waals surface area contributed by atoms with E-state index in [9.17, 15) is 13.2 Å². The number of amides is 1. The van der Waals surface area contributed by atoms with E-state index >= 15 is 0 Å². The zero-order chi connectivity index (χ0) is 17.0. The summed E-state index contributed by atoms with van der Waals surface area (Å²) in [5.41, 5.74) is 1.16. The van der Waals surface area contributed by atoms with Crippen molar-refractivity contribution in [3.63, 3.8) is 0 Å². The maximum atomic E-state index is 12.4. The molecule has 0 aliphatic heterocycles. The highest BCUT2D eigenvalue weighted by molar-refractivity contribution is 7.98. The first-order chi connectivity index (χ1) is 10.8. The van der Waals surface area contributed by atoms with Crippen LogP contribution in [0.5, 0.6) is 0 Å². The second-order valence-corrected chi connectivity index (χ2v) is 7.47. The van der Waals surface area contributed by atoms with Crippen molar-refractivity contribution < 1.29 is 13.2 Å². The molecule has 0 unspecified atom stereocenters. The number of thioether (sulfide) groups is 1. The molecule has 0 saturated carbocycles. The van der Waals surface area contributed by atoms with Crippen LogP contribution in [-0.4, -0.2) is 27.6 Å². The second kappa shape index (κ2) is 7.06. The van der Waals surface area contributed by atoms with Gasteiger partial charge in [-0.05, 0) is 48.7 Å². The molecule has 7 heteroatoms. The molecule has 122 valence electrons. The minimum absolute atomic E-state index is 0.118. The molecule has 1 N–H and O–H groups in total. The van der Waals surface area contributed by atoms with Crippen LogP contribution < -0.4 is 9.62 Å². The average molecular weight is 350 g/mol. The molecule has 0 fully saturated rings. The van der Waals surface area contributed by atoms with Gasteiger partial charge in [0.05, 0.1) is 4.90 Å². The highest BCUT2D eigenvalue weighted by Crippen LogP contribution is 2.23. The quantitative estimate of drug-likeness (QED) is 0.841. The van der Waals surface area contributed by atoms with Crippen LogP contribution in [0, 0.1) is 0 Å². The summed E-state index contributed by atoms with van der Waals surface area (Å²) in [7, 11) is -2.03. The summed E-state index contributed by atoms with van der Waals surface area (Å²) in [5, 5.41) is 0. The molecule has 2 rings (SSSR count). The third kappa shape index (κ3) is 4.27. The first-order valence-electron chi connectivity index (χ1n) is 6.85. The Hall–Kier alpha value is -1.99. The molecule has 23 heavy (non-hydrogen) atoms. The van der Waals surface area contributed by atoms with Crippen LogP contribution in [0.1, 0.15) is 6.92 Å². The number of benzene rings is 2. The zero-order valence-corrected chi connectivity index (χ0v) is 14.7. The van der Waals surface area contributed by atoms with Crippen molar-refractivity contribution in [1.82, 2.24) is 0 Å². The van der Waals surface area contributed by atoms with Gasteiger partial charge in [-0.15, -0.1) is 11.8 Å². The van der Waals surface area contributed by atoms with Crippen molar-refractivity contribution in [2.24, 2.45) is 0 Å². The smallest absolute Gasteiger partial charge is 0.261 e. The molecule has 0 aliphatic carbocycles. The Labute approximate surface area is 140 Å². The Kier molecular flexibility index (Phi) is 5.33. The third-order valence-electron chi connectivity index (χ3n) is 3.33. The molecule has 0 heterocycles. The summed E-state index contributed by atoms with van der Waals surface area (Å²) < 4.78 is 27.4. The lowest BCUT2D eigenvalue weighted by Gasteiger charge is -2.15. The number of anilines is 2. The number of hydrogen-bond donors (Lipinski definition) is 1. The molecule has 2 aromatic rings. The summed E-state index contributed by atoms with van der Waals surface area (Å²) in [4.78, 5) is 13.9. The SMILES string of the molecule is CSc1cccc(NS(=O)(=O)c2ccc(N(C)C(C)=O)cc2)c1. The third-order valence-corrected chi connectivity index (χ3v) is 5.45. The van der Waals surface area contributed by atoms with Crippen LogP contribution in [0.25, 0.3) is 0 Å². The Balaban J connectivity index is 2.24. The number of rotatable bonds is 5. The van der Waals surface area contributed by atoms with Crippen LogP contribution in [0.15, 0.2) is 58.3 Å². The van der Waals surface area contributed by atoms with E-state index in [1.54, 1.807) is 49.1 Å². The minimum Gasteiger partial charge on any atom is -0.316 e. The summed E-state index contributed by atoms with van der Waals surface area (Å²) >= 11 is 1.54. The van der Waals surface area contributed by atoms with Crippen LogP contribution in [0.2, 0.25) is 0 Å². The minimum atomic E-state index is -3.66. The molecular formula is C16H18N2O3S2. The number of sulfonamides is 1. The number of nitrogens with zero attached hydrogens (tertiary/aromatic N) is 1. The van der Waals surface area contributed by atoms with Crippen molar-refractivity contribution >= 4 is 39.1 Å². The van der Waals surface area contributed by atoms with E-state index in [1.807, 2.05) is 12.3 Å². The molecule has 0 bridgehead atoms. The normalized spacial score (nSPS) is 11.1. The summed E-state index contributed by atoms with van der Waals surface area (Å²) in [6.07, 6.45) is 1.93. The van der Waals surface area contributed by atoms with Gasteiger partial charge in [0, 0.05) is 30.2 Å². The van der Waals surface area contributed by atoms with Gasteiger partial charge in [-0.2, -0.15) is 0 Å². The lowest BCUT2D eigenvalue weighted by atomic mass is 10.3. The Morgan fingerprint density at radius 3 is 2.35 bits per heavy atom. The van der Waals surface area contributed by atoms with E-state index in [1.165, 1.54) is 24.0 Å². The molecule has 0 radical (unpaired) electrons. The molecule has 0 saturated heterocycles. The van der Waals surface area contributed by atoms with Crippen LogP contribution in [-0.2, 0) is 14.8 Å². The Morgan fingerprint density at radius 2 is 1.78 bits per heavy atom. The molecule has 5 nitrogen and oxygen atoms in total. The number of hydrogen-bond acceptors (Lipinski definition) is 4. The van der Waals surface area contributed by atoms with Gasteiger partial charge in [0.1, 0.15) is 0 Å². The fourth-order valence-corrected chi connectivity index (χ4v) is 3.44. The second-order valence-electron chi connectivity index (χ2n) is 4.91. The van der Waals surface area contributed by atoms with Crippen molar-refractivity contribution in [2.45, 2.75) is 16.7 Å². The van der Waals surface area contributed by atoms with Crippen LogP contribution in [0.4, 0.5) is 11.4 Å². The molecule has 2 aromatic carbocycles. The van der Waals surface area contributed by atoms with E-state index in [-0.39, 0.29) is 10.8 Å². The van der Waals surface area contributed by atoms with Gasteiger partial charge in [0.15, 0.2) is 0 Å². The fraction of sp³-hybridized carbons (Fsp3) is 0.188. The summed E-state index contributed by atoms with van der Waals surface area (Å²) in [6.45, 7) is 1.45. The van der Waals surface area contributed by atoms with Gasteiger partial charge in [0.2, 0.25) is 5.91 Å². The maximum absolute atomic E-state index is 12.4. The van der Waals surface area contributed by atoms with Crippen LogP contribution >= 0.6 is 11.8 Å². The lowest BCUT2D eigenvalue weighted by Crippen LogP contribution is -2.22. The average Bonchev–Trinajstić information content (AvgIpc) is 2.54. The number of nitrogens with one attached hydrogen (secondary N) is 1. The molecule has 0 aliphatic rings. The first kappa shape index (κ1) is 17.4. The van der Waals surface area contributed by atoms with Gasteiger partial charge in [-0.25, -0.2) is 8.42 Å². The Morgan fingerprint density at radius 1 is 1.13 bits per heavy atom. The standard InChI is InChI=1S/C16H18N2O3S2/c1-12(19)18(2)14-7-9-16(10-8-14)23(20,21)17-13-5-4-6-15(11-13)22-3/h4-11,17H,1-3H3. The lowest BCUT2D eigenvalue weighted by molar-refractivity contribution is -0.116. The topological polar surface area (TPSA) is 66.5 Å². The zero-order valence-electron chi connectivity index (χ0n) is 13.1. The van der Waals surface area contributed by atoms with Crippen molar-refractivity contribution in [1.29, 1.82) is 0 Å². The molecule has 0 aromatic heterocycles. The molecule has 1 amide bonds. The van der Waals surface area contributed by atoms with Crippen molar-refractivity contribution in [3.8, 4) is 0 Å². The van der Waals surface area contributed by atoms with Gasteiger partial charge >= 0.3 is 0 Å². The number of carbonyl (C=O) groups is 1. The highest BCUT2D eigenvalue weighted by atomic mass is 32.2. The Bertz CT molecular complexity index is 802. The van der Waals surface area contributed by atoms with E-state index in [4.69, 9.17) is 0 Å². The number of carbonyl (C=O) groups excluding carboxylic acids is 1. The van der Waals surface area contributed by atoms with Gasteiger partial charge in [-0.1, -0.05) is 6.07 Å². The van der Waals surface area contributed by atoms with Crippen molar-refractivity contribution in [2.75, 3.05) is 22.9 Å². The molecule has 0 atom stereocenters. The largest absolute Gasteiger partial charge is 0.316 e. The summed E-state index contributed by atoms with van der Waals surface area (Å²) in [6, 6.07) is 13.4.